The van der Waals surface area contributed by atoms with E-state index >= 15 is 0 Å². The fourth-order valence-corrected chi connectivity index (χ4v) is 2.10. The van der Waals surface area contributed by atoms with Crippen molar-refractivity contribution in [3.8, 4) is 5.75 Å². The Hall–Kier alpha value is -1.74. The molecule has 0 bridgehead atoms. The molecule has 108 valence electrons. The van der Waals surface area contributed by atoms with E-state index in [2.05, 4.69) is 35.3 Å². The summed E-state index contributed by atoms with van der Waals surface area (Å²) in [6, 6.07) is 12.2. The lowest BCUT2D eigenvalue weighted by Gasteiger charge is -2.06. The normalized spacial score (nSPS) is 10.7. The van der Waals surface area contributed by atoms with E-state index in [1.807, 2.05) is 30.3 Å². The van der Waals surface area contributed by atoms with Crippen LogP contribution in [0, 0.1) is 0 Å². The van der Waals surface area contributed by atoms with E-state index in [1.165, 1.54) is 12.0 Å². The largest absolute Gasteiger partial charge is 0.494 e. The number of nitrogens with zero attached hydrogens (tertiary/aromatic N) is 1. The van der Waals surface area contributed by atoms with Gasteiger partial charge in [-0.05, 0) is 43.1 Å². The van der Waals surface area contributed by atoms with Gasteiger partial charge in [-0.15, -0.1) is 0 Å². The van der Waals surface area contributed by atoms with Gasteiger partial charge >= 0.3 is 0 Å². The number of hydrogen-bond donors (Lipinski definition) is 1. The van der Waals surface area contributed by atoms with Crippen LogP contribution in [0.4, 0.5) is 0 Å². The molecular formula is C17H24N2O. The van der Waals surface area contributed by atoms with Crippen LogP contribution in [-0.4, -0.2) is 17.7 Å². The van der Waals surface area contributed by atoms with Crippen molar-refractivity contribution in [3.05, 3.63) is 54.4 Å². The molecule has 0 aliphatic carbocycles. The summed E-state index contributed by atoms with van der Waals surface area (Å²) in [4.78, 5) is 0. The number of rotatable bonds is 9. The second kappa shape index (κ2) is 8.43. The molecule has 0 unspecified atom stereocenters. The lowest BCUT2D eigenvalue weighted by Crippen LogP contribution is -2.13. The van der Waals surface area contributed by atoms with Gasteiger partial charge in [-0.3, -0.25) is 0 Å². The van der Waals surface area contributed by atoms with Gasteiger partial charge in [0.05, 0.1) is 6.61 Å². The van der Waals surface area contributed by atoms with Gasteiger partial charge in [0.15, 0.2) is 0 Å². The number of nitrogens with one attached hydrogen (secondary N) is 1. The third-order valence-corrected chi connectivity index (χ3v) is 3.14. The molecule has 2 aromatic rings. The number of aromatic nitrogens is 1. The van der Waals surface area contributed by atoms with Crippen molar-refractivity contribution < 1.29 is 4.74 Å². The van der Waals surface area contributed by atoms with Gasteiger partial charge in [-0.2, -0.15) is 0 Å². The molecule has 0 radical (unpaired) electrons. The molecule has 0 amide bonds. The van der Waals surface area contributed by atoms with Crippen LogP contribution in [0.15, 0.2) is 48.8 Å². The fourth-order valence-electron chi connectivity index (χ4n) is 2.10. The van der Waals surface area contributed by atoms with Crippen LogP contribution >= 0.6 is 0 Å². The fraction of sp³-hybridized carbons (Fsp3) is 0.412. The predicted molar refractivity (Wildman–Crippen MR) is 83.0 cm³/mol. The van der Waals surface area contributed by atoms with E-state index in [0.717, 1.165) is 38.4 Å². The summed E-state index contributed by atoms with van der Waals surface area (Å²) in [7, 11) is 0. The smallest absolute Gasteiger partial charge is 0.119 e. The number of aryl methyl sites for hydroxylation is 1. The molecule has 1 N–H and O–H groups in total. The van der Waals surface area contributed by atoms with Crippen molar-refractivity contribution in [2.45, 2.75) is 32.9 Å². The second-order valence-corrected chi connectivity index (χ2v) is 4.95. The Morgan fingerprint density at radius 1 is 1.15 bits per heavy atom. The number of hydrogen-bond acceptors (Lipinski definition) is 2. The Balaban J connectivity index is 1.64. The van der Waals surface area contributed by atoms with Crippen molar-refractivity contribution in [2.75, 3.05) is 13.2 Å². The quantitative estimate of drug-likeness (QED) is 0.708. The monoisotopic (exact) mass is 272 g/mol. The molecule has 0 fully saturated rings. The van der Waals surface area contributed by atoms with Crippen LogP contribution in [-0.2, 0) is 13.1 Å². The molecule has 3 heteroatoms. The Bertz CT molecular complexity index is 479. The molecule has 1 heterocycles. The van der Waals surface area contributed by atoms with Crippen LogP contribution in [0.2, 0.25) is 0 Å². The van der Waals surface area contributed by atoms with E-state index in [9.17, 15) is 0 Å². The van der Waals surface area contributed by atoms with Gasteiger partial charge in [0.2, 0.25) is 0 Å². The van der Waals surface area contributed by atoms with E-state index < -0.39 is 0 Å². The first kappa shape index (κ1) is 14.7. The highest BCUT2D eigenvalue weighted by Crippen LogP contribution is 2.09. The summed E-state index contributed by atoms with van der Waals surface area (Å²) in [6.07, 6.45) is 6.56. The second-order valence-electron chi connectivity index (χ2n) is 4.95. The van der Waals surface area contributed by atoms with Crippen LogP contribution in [0.3, 0.4) is 0 Å². The summed E-state index contributed by atoms with van der Waals surface area (Å²) in [6.45, 7) is 5.98. The van der Waals surface area contributed by atoms with Gasteiger partial charge in [0.1, 0.15) is 5.75 Å². The summed E-state index contributed by atoms with van der Waals surface area (Å²) in [5, 5.41) is 3.42. The first-order valence-electron chi connectivity index (χ1n) is 7.41. The Labute approximate surface area is 121 Å². The zero-order valence-corrected chi connectivity index (χ0v) is 12.2. The van der Waals surface area contributed by atoms with Crippen molar-refractivity contribution >= 4 is 0 Å². The van der Waals surface area contributed by atoms with Crippen molar-refractivity contribution in [1.29, 1.82) is 0 Å². The molecule has 0 aliphatic rings. The average molecular weight is 272 g/mol. The topological polar surface area (TPSA) is 26.2 Å². The number of benzene rings is 1. The molecule has 3 nitrogen and oxygen atoms in total. The molecule has 0 saturated heterocycles. The summed E-state index contributed by atoms with van der Waals surface area (Å²) < 4.78 is 7.92. The predicted octanol–water partition coefficient (Wildman–Crippen LogP) is 3.46. The Morgan fingerprint density at radius 3 is 2.80 bits per heavy atom. The third kappa shape index (κ3) is 5.10. The molecular weight excluding hydrogens is 248 g/mol. The van der Waals surface area contributed by atoms with Gasteiger partial charge in [-0.25, -0.2) is 0 Å². The highest BCUT2D eigenvalue weighted by molar-refractivity contribution is 5.20. The molecule has 20 heavy (non-hydrogen) atoms. The van der Waals surface area contributed by atoms with E-state index in [0.29, 0.717) is 0 Å². The lowest BCUT2D eigenvalue weighted by atomic mass is 10.3. The van der Waals surface area contributed by atoms with E-state index in [4.69, 9.17) is 4.74 Å². The Morgan fingerprint density at radius 2 is 2.00 bits per heavy atom. The summed E-state index contributed by atoms with van der Waals surface area (Å²) in [5.74, 6) is 0.949. The maximum Gasteiger partial charge on any atom is 0.119 e. The van der Waals surface area contributed by atoms with Gasteiger partial charge in [0.25, 0.3) is 0 Å². The molecule has 0 atom stereocenters. The highest BCUT2D eigenvalue weighted by Gasteiger charge is 1.97. The summed E-state index contributed by atoms with van der Waals surface area (Å²) in [5.41, 5.74) is 1.35. The molecule has 1 aromatic heterocycles. The molecule has 0 spiro atoms. The first-order valence-corrected chi connectivity index (χ1v) is 7.41. The van der Waals surface area contributed by atoms with Crippen LogP contribution in [0.25, 0.3) is 0 Å². The molecule has 1 aromatic carbocycles. The summed E-state index contributed by atoms with van der Waals surface area (Å²) >= 11 is 0. The minimum atomic E-state index is 0.756. The van der Waals surface area contributed by atoms with Gasteiger partial charge in [0, 0.05) is 25.5 Å². The molecule has 2 rings (SSSR count). The highest BCUT2D eigenvalue weighted by atomic mass is 16.5. The van der Waals surface area contributed by atoms with Crippen LogP contribution < -0.4 is 10.1 Å². The van der Waals surface area contributed by atoms with Crippen molar-refractivity contribution in [3.63, 3.8) is 0 Å². The van der Waals surface area contributed by atoms with E-state index in [-0.39, 0.29) is 0 Å². The zero-order chi connectivity index (χ0) is 14.0. The third-order valence-electron chi connectivity index (χ3n) is 3.14. The molecule has 0 saturated carbocycles. The van der Waals surface area contributed by atoms with E-state index in [1.54, 1.807) is 0 Å². The standard InChI is InChI=1S/C17H24N2O/c1-2-10-18-14-16-9-12-19(15-16)11-6-13-20-17-7-4-3-5-8-17/h3-5,7-9,12,15,18H,2,6,10-11,13-14H2,1H3. The van der Waals surface area contributed by atoms with Gasteiger partial charge in [-0.1, -0.05) is 25.1 Å². The average Bonchev–Trinajstić information content (AvgIpc) is 2.93. The van der Waals surface area contributed by atoms with Crippen molar-refractivity contribution in [1.82, 2.24) is 9.88 Å². The molecule has 0 aliphatic heterocycles. The van der Waals surface area contributed by atoms with Crippen LogP contribution in [0.5, 0.6) is 5.75 Å². The number of ether oxygens (including phenoxy) is 1. The maximum atomic E-state index is 5.69. The number of para-hydroxylation sites is 1. The SMILES string of the molecule is CCCNCc1ccn(CCCOc2ccccc2)c1. The minimum Gasteiger partial charge on any atom is -0.494 e. The first-order chi connectivity index (χ1) is 9.88. The minimum absolute atomic E-state index is 0.756. The van der Waals surface area contributed by atoms with Crippen molar-refractivity contribution in [2.24, 2.45) is 0 Å². The zero-order valence-electron chi connectivity index (χ0n) is 12.2. The maximum absolute atomic E-state index is 5.69. The lowest BCUT2D eigenvalue weighted by molar-refractivity contribution is 0.302. The van der Waals surface area contributed by atoms with Gasteiger partial charge < -0.3 is 14.6 Å². The van der Waals surface area contributed by atoms with Crippen LogP contribution in [0.1, 0.15) is 25.3 Å². The Kier molecular flexibility index (Phi) is 6.18.